The fourth-order valence-corrected chi connectivity index (χ4v) is 5.81. The van der Waals surface area contributed by atoms with Gasteiger partial charge in [0.2, 0.25) is 0 Å². The minimum atomic E-state index is -4.54. The van der Waals surface area contributed by atoms with Crippen molar-refractivity contribution in [3.05, 3.63) is 89.5 Å². The lowest BCUT2D eigenvalue weighted by atomic mass is 9.95. The van der Waals surface area contributed by atoms with Crippen molar-refractivity contribution < 1.29 is 38.9 Å². The van der Waals surface area contributed by atoms with Gasteiger partial charge in [-0.15, -0.1) is 0 Å². The quantitative estimate of drug-likeness (QED) is 0.239. The van der Waals surface area contributed by atoms with Crippen molar-refractivity contribution >= 4 is 30.4 Å². The highest BCUT2D eigenvalue weighted by atomic mass is 32.2. The van der Waals surface area contributed by atoms with Crippen molar-refractivity contribution in [1.29, 1.82) is 0 Å². The van der Waals surface area contributed by atoms with Crippen molar-refractivity contribution in [1.82, 2.24) is 4.90 Å². The molecule has 0 fully saturated rings. The van der Waals surface area contributed by atoms with Gasteiger partial charge in [0, 0.05) is 6.54 Å². The monoisotopic (exact) mass is 587 g/mol. The molecule has 0 bridgehead atoms. The van der Waals surface area contributed by atoms with E-state index in [-0.39, 0.29) is 16.0 Å². The van der Waals surface area contributed by atoms with Gasteiger partial charge in [0.1, 0.15) is 0 Å². The van der Waals surface area contributed by atoms with Gasteiger partial charge in [-0.05, 0) is 49.0 Å². The van der Waals surface area contributed by atoms with Crippen LogP contribution in [-0.2, 0) is 36.9 Å². The van der Waals surface area contributed by atoms with Gasteiger partial charge >= 0.3 is 0 Å². The standard InChI is InChI=1S/C14H16N2O6S2.C9H13NO3S/c15-13(9-5-1-3-7-11(9)23(17,18)19)14(16)10-6-2-4-8-12(10)24(20,21)22;1-10(2)7-8-5-3-4-6-9(8)14(11,12)13/h1-8,13-14H,15-16H2,(H,17,18,19)(H,20,21,22);3-6H,7H2,1-2H3,(H,11,12,13). The first-order valence-corrected chi connectivity index (χ1v) is 15.1. The molecule has 7 N–H and O–H groups in total. The first-order chi connectivity index (χ1) is 17.4. The maximum absolute atomic E-state index is 11.5. The summed E-state index contributed by atoms with van der Waals surface area (Å²) in [6.07, 6.45) is 0. The molecule has 0 aliphatic carbocycles. The van der Waals surface area contributed by atoms with E-state index in [1.807, 2.05) is 19.0 Å². The molecule has 208 valence electrons. The van der Waals surface area contributed by atoms with Crippen LogP contribution in [0.3, 0.4) is 0 Å². The molecule has 38 heavy (non-hydrogen) atoms. The van der Waals surface area contributed by atoms with Crippen LogP contribution in [-0.4, -0.2) is 57.9 Å². The summed E-state index contributed by atoms with van der Waals surface area (Å²) in [5.74, 6) is 0. The van der Waals surface area contributed by atoms with Crippen LogP contribution in [0.5, 0.6) is 0 Å². The van der Waals surface area contributed by atoms with Gasteiger partial charge in [-0.2, -0.15) is 25.3 Å². The van der Waals surface area contributed by atoms with E-state index < -0.39 is 52.2 Å². The third-order valence-corrected chi connectivity index (χ3v) is 8.05. The minimum Gasteiger partial charge on any atom is -0.322 e. The van der Waals surface area contributed by atoms with Crippen LogP contribution in [0.1, 0.15) is 28.8 Å². The summed E-state index contributed by atoms with van der Waals surface area (Å²) in [5, 5.41) is 0. The second-order valence-corrected chi connectivity index (χ2v) is 12.6. The lowest BCUT2D eigenvalue weighted by Crippen LogP contribution is -2.29. The highest BCUT2D eigenvalue weighted by Gasteiger charge is 2.28. The van der Waals surface area contributed by atoms with E-state index >= 15 is 0 Å². The molecule has 3 aromatic rings. The Balaban J connectivity index is 0.000000308. The van der Waals surface area contributed by atoms with E-state index in [1.165, 1.54) is 42.5 Å². The predicted octanol–water partition coefficient (Wildman–Crippen LogP) is 1.87. The van der Waals surface area contributed by atoms with E-state index in [1.54, 1.807) is 18.2 Å². The number of nitrogens with two attached hydrogens (primary N) is 2. The molecule has 3 rings (SSSR count). The molecule has 15 heteroatoms. The molecule has 0 saturated heterocycles. The molecule has 12 nitrogen and oxygen atoms in total. The summed E-state index contributed by atoms with van der Waals surface area (Å²) >= 11 is 0. The zero-order chi connectivity index (χ0) is 28.9. The van der Waals surface area contributed by atoms with Crippen molar-refractivity contribution in [2.75, 3.05) is 14.1 Å². The van der Waals surface area contributed by atoms with Gasteiger partial charge in [0.25, 0.3) is 30.4 Å². The lowest BCUT2D eigenvalue weighted by molar-refractivity contribution is 0.397. The van der Waals surface area contributed by atoms with Crippen molar-refractivity contribution in [2.45, 2.75) is 33.3 Å². The summed E-state index contributed by atoms with van der Waals surface area (Å²) in [6.45, 7) is 0.482. The zero-order valence-electron chi connectivity index (χ0n) is 20.4. The third kappa shape index (κ3) is 8.39. The van der Waals surface area contributed by atoms with E-state index in [9.17, 15) is 34.4 Å². The Hall–Kier alpha value is -2.73. The Bertz CT molecular complexity index is 1510. The molecule has 3 aromatic carbocycles. The number of hydrogen-bond acceptors (Lipinski definition) is 9. The first kappa shape index (κ1) is 31.5. The fourth-order valence-electron chi connectivity index (χ4n) is 3.60. The van der Waals surface area contributed by atoms with Gasteiger partial charge in [-0.1, -0.05) is 54.6 Å². The number of rotatable bonds is 8. The van der Waals surface area contributed by atoms with Crippen LogP contribution in [0.2, 0.25) is 0 Å². The normalized spacial score (nSPS) is 13.9. The lowest BCUT2D eigenvalue weighted by Gasteiger charge is -2.23. The highest BCUT2D eigenvalue weighted by Crippen LogP contribution is 2.32. The average Bonchev–Trinajstić information content (AvgIpc) is 2.82. The largest absolute Gasteiger partial charge is 0.322 e. The summed E-state index contributed by atoms with van der Waals surface area (Å²) in [6, 6.07) is 15.0. The molecular formula is C23H29N3O9S3. The van der Waals surface area contributed by atoms with Gasteiger partial charge in [0.15, 0.2) is 0 Å². The molecule has 2 atom stereocenters. The van der Waals surface area contributed by atoms with E-state index in [2.05, 4.69) is 0 Å². The van der Waals surface area contributed by atoms with Gasteiger partial charge in [-0.25, -0.2) is 0 Å². The zero-order valence-corrected chi connectivity index (χ0v) is 22.9. The Morgan fingerprint density at radius 3 is 1.26 bits per heavy atom. The Labute approximate surface area is 222 Å². The molecule has 0 spiro atoms. The molecule has 0 aliphatic heterocycles. The van der Waals surface area contributed by atoms with Crippen LogP contribution in [0.15, 0.2) is 87.5 Å². The van der Waals surface area contributed by atoms with Gasteiger partial charge in [0.05, 0.1) is 26.8 Å². The summed E-state index contributed by atoms with van der Waals surface area (Å²) < 4.78 is 95.3. The minimum absolute atomic E-state index is 0.0197. The second-order valence-electron chi connectivity index (χ2n) is 8.40. The van der Waals surface area contributed by atoms with Crippen molar-refractivity contribution in [3.63, 3.8) is 0 Å². The second kappa shape index (κ2) is 12.4. The number of benzene rings is 3. The fraction of sp³-hybridized carbons (Fsp3) is 0.217. The summed E-state index contributed by atoms with van der Waals surface area (Å²) in [4.78, 5) is 0.979. The van der Waals surface area contributed by atoms with Gasteiger partial charge in [-0.3, -0.25) is 13.7 Å². The van der Waals surface area contributed by atoms with Crippen LogP contribution in [0, 0.1) is 0 Å². The van der Waals surface area contributed by atoms with E-state index in [0.717, 1.165) is 12.1 Å². The SMILES string of the molecule is CN(C)Cc1ccccc1S(=O)(=O)O.NC(c1ccccc1S(=O)(=O)O)C(N)c1ccccc1S(=O)(=O)O. The Morgan fingerprint density at radius 1 is 0.605 bits per heavy atom. The maximum atomic E-state index is 11.5. The van der Waals surface area contributed by atoms with Crippen LogP contribution < -0.4 is 11.5 Å². The smallest absolute Gasteiger partial charge is 0.294 e. The Kier molecular flexibility index (Phi) is 10.3. The molecule has 2 unspecified atom stereocenters. The molecular weight excluding hydrogens is 558 g/mol. The van der Waals surface area contributed by atoms with E-state index in [0.29, 0.717) is 12.1 Å². The predicted molar refractivity (Wildman–Crippen MR) is 140 cm³/mol. The van der Waals surface area contributed by atoms with Crippen LogP contribution in [0.25, 0.3) is 0 Å². The van der Waals surface area contributed by atoms with Crippen LogP contribution in [0.4, 0.5) is 0 Å². The van der Waals surface area contributed by atoms with E-state index in [4.69, 9.17) is 16.0 Å². The number of nitrogens with zero attached hydrogens (tertiary/aromatic N) is 1. The maximum Gasteiger partial charge on any atom is 0.294 e. The van der Waals surface area contributed by atoms with Crippen molar-refractivity contribution in [3.8, 4) is 0 Å². The Morgan fingerprint density at radius 2 is 0.921 bits per heavy atom. The molecule has 0 heterocycles. The third-order valence-electron chi connectivity index (χ3n) is 5.24. The molecule has 0 saturated carbocycles. The molecule has 0 aliphatic rings. The highest BCUT2D eigenvalue weighted by molar-refractivity contribution is 7.86. The topological polar surface area (TPSA) is 218 Å². The van der Waals surface area contributed by atoms with Crippen LogP contribution >= 0.6 is 0 Å². The summed E-state index contributed by atoms with van der Waals surface area (Å²) in [7, 11) is -9.51. The first-order valence-electron chi connectivity index (χ1n) is 10.8. The number of hydrogen-bond donors (Lipinski definition) is 5. The molecule has 0 radical (unpaired) electrons. The summed E-state index contributed by atoms with van der Waals surface area (Å²) in [5.41, 5.74) is 12.7. The van der Waals surface area contributed by atoms with Gasteiger partial charge < -0.3 is 16.4 Å². The van der Waals surface area contributed by atoms with Crippen molar-refractivity contribution in [2.24, 2.45) is 11.5 Å². The average molecular weight is 588 g/mol. The molecule has 0 amide bonds. The molecule has 0 aromatic heterocycles.